The van der Waals surface area contributed by atoms with Gasteiger partial charge in [-0.1, -0.05) is 29.8 Å². The van der Waals surface area contributed by atoms with Gasteiger partial charge in [0.05, 0.1) is 12.9 Å². The Morgan fingerprint density at radius 2 is 1.95 bits per heavy atom. The van der Waals surface area contributed by atoms with Crippen LogP contribution in [0.2, 0.25) is 0 Å². The molecule has 5 heteroatoms. The minimum atomic E-state index is -0.600. The van der Waals surface area contributed by atoms with Gasteiger partial charge in [-0.05, 0) is 19.4 Å². The monoisotopic (exact) mass is 281 g/mol. The molecular formula is C14H19NO3S. The maximum atomic E-state index is 11.6. The number of carbonyl (C=O) groups is 2. The summed E-state index contributed by atoms with van der Waals surface area (Å²) in [7, 11) is 1.30. The van der Waals surface area contributed by atoms with E-state index in [9.17, 15) is 9.59 Å². The van der Waals surface area contributed by atoms with Crippen LogP contribution in [0.4, 0.5) is 0 Å². The Balaban J connectivity index is 2.27. The second-order valence-electron chi connectivity index (χ2n) is 4.29. The molecule has 0 aliphatic rings. The van der Waals surface area contributed by atoms with Crippen molar-refractivity contribution in [3.63, 3.8) is 0 Å². The normalized spacial score (nSPS) is 11.7. The first-order chi connectivity index (χ1) is 9.02. The molecule has 0 aliphatic heterocycles. The molecule has 0 saturated heterocycles. The van der Waals surface area contributed by atoms with Crippen LogP contribution in [0.15, 0.2) is 24.3 Å². The first kappa shape index (κ1) is 15.6. The second kappa shape index (κ2) is 7.84. The molecule has 0 radical (unpaired) electrons. The van der Waals surface area contributed by atoms with Gasteiger partial charge in [-0.2, -0.15) is 0 Å². The molecule has 0 heterocycles. The molecule has 0 saturated carbocycles. The van der Waals surface area contributed by atoms with E-state index < -0.39 is 12.0 Å². The molecule has 1 aromatic carbocycles. The summed E-state index contributed by atoms with van der Waals surface area (Å²) in [6.45, 7) is 3.65. The average Bonchev–Trinajstić information content (AvgIpc) is 2.40. The predicted molar refractivity (Wildman–Crippen MR) is 77.0 cm³/mol. The number of ether oxygens (including phenoxy) is 1. The molecule has 1 atom stereocenters. The molecular weight excluding hydrogens is 262 g/mol. The minimum Gasteiger partial charge on any atom is -0.467 e. The van der Waals surface area contributed by atoms with Crippen LogP contribution in [0.5, 0.6) is 0 Å². The van der Waals surface area contributed by atoms with Gasteiger partial charge in [0.2, 0.25) is 5.91 Å². The lowest BCUT2D eigenvalue weighted by atomic mass is 10.2. The summed E-state index contributed by atoms with van der Waals surface area (Å²) in [5.41, 5.74) is 2.41. The Morgan fingerprint density at radius 1 is 1.32 bits per heavy atom. The zero-order valence-corrected chi connectivity index (χ0v) is 12.3. The summed E-state index contributed by atoms with van der Waals surface area (Å²) >= 11 is 1.52. The fourth-order valence-electron chi connectivity index (χ4n) is 1.46. The number of methoxy groups -OCH3 is 1. The van der Waals surface area contributed by atoms with Crippen molar-refractivity contribution in [2.75, 3.05) is 12.9 Å². The molecule has 0 aliphatic carbocycles. The van der Waals surface area contributed by atoms with Gasteiger partial charge in [-0.15, -0.1) is 11.8 Å². The van der Waals surface area contributed by atoms with E-state index in [4.69, 9.17) is 0 Å². The van der Waals surface area contributed by atoms with Gasteiger partial charge in [0.1, 0.15) is 6.04 Å². The third-order valence-corrected chi connectivity index (χ3v) is 3.56. The van der Waals surface area contributed by atoms with Gasteiger partial charge in [0.15, 0.2) is 0 Å². The summed E-state index contributed by atoms with van der Waals surface area (Å²) in [5, 5.41) is 2.59. The van der Waals surface area contributed by atoms with Crippen molar-refractivity contribution in [1.29, 1.82) is 0 Å². The highest BCUT2D eigenvalue weighted by Crippen LogP contribution is 2.12. The lowest BCUT2D eigenvalue weighted by Gasteiger charge is -2.11. The molecule has 1 aromatic rings. The molecule has 0 aromatic heterocycles. The van der Waals surface area contributed by atoms with Crippen LogP contribution >= 0.6 is 11.8 Å². The van der Waals surface area contributed by atoms with Crippen molar-refractivity contribution in [2.24, 2.45) is 0 Å². The first-order valence-corrected chi connectivity index (χ1v) is 7.19. The van der Waals surface area contributed by atoms with Crippen molar-refractivity contribution in [3.05, 3.63) is 35.4 Å². The molecule has 4 nitrogen and oxygen atoms in total. The molecule has 1 rings (SSSR count). The number of rotatable bonds is 6. The van der Waals surface area contributed by atoms with E-state index in [1.807, 2.05) is 6.92 Å². The van der Waals surface area contributed by atoms with E-state index in [0.29, 0.717) is 5.75 Å². The van der Waals surface area contributed by atoms with Crippen LogP contribution in [-0.2, 0) is 20.1 Å². The van der Waals surface area contributed by atoms with Crippen molar-refractivity contribution in [3.8, 4) is 0 Å². The topological polar surface area (TPSA) is 55.4 Å². The number of benzene rings is 1. The molecule has 19 heavy (non-hydrogen) atoms. The number of thioether (sulfide) groups is 1. The van der Waals surface area contributed by atoms with Crippen molar-refractivity contribution < 1.29 is 14.3 Å². The average molecular weight is 281 g/mol. The molecule has 1 unspecified atom stereocenters. The zero-order chi connectivity index (χ0) is 14.3. The minimum absolute atomic E-state index is 0.157. The SMILES string of the molecule is COC(=O)C(C)NC(=O)CSCc1ccc(C)cc1. The van der Waals surface area contributed by atoms with Crippen LogP contribution in [0.3, 0.4) is 0 Å². The van der Waals surface area contributed by atoms with Crippen LogP contribution in [0, 0.1) is 6.92 Å². The summed E-state index contributed by atoms with van der Waals surface area (Å²) in [6, 6.07) is 7.61. The van der Waals surface area contributed by atoms with Gasteiger partial charge in [-0.3, -0.25) is 4.79 Å². The molecule has 0 bridgehead atoms. The maximum Gasteiger partial charge on any atom is 0.328 e. The Kier molecular flexibility index (Phi) is 6.42. The van der Waals surface area contributed by atoms with E-state index in [2.05, 4.69) is 34.3 Å². The third-order valence-electron chi connectivity index (χ3n) is 2.55. The largest absolute Gasteiger partial charge is 0.467 e. The number of hydrogen-bond acceptors (Lipinski definition) is 4. The van der Waals surface area contributed by atoms with Crippen LogP contribution < -0.4 is 5.32 Å². The van der Waals surface area contributed by atoms with E-state index in [0.717, 1.165) is 5.75 Å². The number of carbonyl (C=O) groups excluding carboxylic acids is 2. The van der Waals surface area contributed by atoms with E-state index in [-0.39, 0.29) is 5.91 Å². The molecule has 0 fully saturated rings. The van der Waals surface area contributed by atoms with Crippen LogP contribution in [-0.4, -0.2) is 30.8 Å². The van der Waals surface area contributed by atoms with Crippen LogP contribution in [0.1, 0.15) is 18.1 Å². The standard InChI is InChI=1S/C14H19NO3S/c1-10-4-6-12(7-5-10)8-19-9-13(16)15-11(2)14(17)18-3/h4-7,11H,8-9H2,1-3H3,(H,15,16). The summed E-state index contributed by atoms with van der Waals surface area (Å²) in [4.78, 5) is 22.7. The fourth-order valence-corrected chi connectivity index (χ4v) is 2.26. The zero-order valence-electron chi connectivity index (χ0n) is 11.4. The number of amides is 1. The van der Waals surface area contributed by atoms with Gasteiger partial charge in [0.25, 0.3) is 0 Å². The van der Waals surface area contributed by atoms with Crippen LogP contribution in [0.25, 0.3) is 0 Å². The number of aryl methyl sites for hydroxylation is 1. The lowest BCUT2D eigenvalue weighted by molar-refractivity contribution is -0.144. The summed E-state index contributed by atoms with van der Waals surface area (Å²) < 4.78 is 4.54. The predicted octanol–water partition coefficient (Wildman–Crippen LogP) is 1.91. The number of nitrogens with one attached hydrogen (secondary N) is 1. The Hall–Kier alpha value is -1.49. The van der Waals surface area contributed by atoms with Crippen molar-refractivity contribution >= 4 is 23.6 Å². The number of esters is 1. The van der Waals surface area contributed by atoms with Gasteiger partial charge < -0.3 is 10.1 Å². The van der Waals surface area contributed by atoms with Crippen molar-refractivity contribution in [1.82, 2.24) is 5.32 Å². The summed E-state index contributed by atoms with van der Waals surface area (Å²) in [6.07, 6.45) is 0. The highest BCUT2D eigenvalue weighted by molar-refractivity contribution is 7.99. The van der Waals surface area contributed by atoms with Gasteiger partial charge >= 0.3 is 5.97 Å². The third kappa shape index (κ3) is 5.79. The van der Waals surface area contributed by atoms with E-state index in [1.165, 1.54) is 30.0 Å². The smallest absolute Gasteiger partial charge is 0.328 e. The molecule has 1 amide bonds. The highest BCUT2D eigenvalue weighted by atomic mass is 32.2. The second-order valence-corrected chi connectivity index (χ2v) is 5.28. The molecule has 104 valence electrons. The quantitative estimate of drug-likeness (QED) is 0.809. The Morgan fingerprint density at radius 3 is 2.53 bits per heavy atom. The highest BCUT2D eigenvalue weighted by Gasteiger charge is 2.15. The van der Waals surface area contributed by atoms with E-state index >= 15 is 0 Å². The first-order valence-electron chi connectivity index (χ1n) is 6.03. The van der Waals surface area contributed by atoms with E-state index in [1.54, 1.807) is 6.92 Å². The van der Waals surface area contributed by atoms with Crippen molar-refractivity contribution in [2.45, 2.75) is 25.6 Å². The Bertz CT molecular complexity index is 431. The van der Waals surface area contributed by atoms with Gasteiger partial charge in [0, 0.05) is 5.75 Å². The molecule has 0 spiro atoms. The summed E-state index contributed by atoms with van der Waals surface area (Å²) in [5.74, 6) is 0.516. The van der Waals surface area contributed by atoms with Gasteiger partial charge in [-0.25, -0.2) is 4.79 Å². The fraction of sp³-hybridized carbons (Fsp3) is 0.429. The number of hydrogen-bond donors (Lipinski definition) is 1. The molecule has 1 N–H and O–H groups in total. The maximum absolute atomic E-state index is 11.6. The lowest BCUT2D eigenvalue weighted by Crippen LogP contribution is -2.40. The Labute approximate surface area is 117 Å².